The smallest absolute Gasteiger partial charge is 0.226 e. The minimum Gasteiger partial charge on any atom is -0.493 e. The summed E-state index contributed by atoms with van der Waals surface area (Å²) >= 11 is 0. The molecule has 5 nitrogen and oxygen atoms in total. The number of aliphatic imine (C=N–C) groups is 2. The number of ketones is 1. The Kier molecular flexibility index (Phi) is 3.56. The van der Waals surface area contributed by atoms with Crippen LogP contribution < -0.4 is 0 Å². The van der Waals surface area contributed by atoms with Gasteiger partial charge in [-0.1, -0.05) is 0 Å². The lowest BCUT2D eigenvalue weighted by molar-refractivity contribution is -0.114. The Labute approximate surface area is 126 Å². The van der Waals surface area contributed by atoms with E-state index < -0.39 is 0 Å². The lowest BCUT2D eigenvalue weighted by atomic mass is 10.0. The monoisotopic (exact) mass is 289 g/mol. The summed E-state index contributed by atoms with van der Waals surface area (Å²) in [5.74, 6) is 0.804. The van der Waals surface area contributed by atoms with Gasteiger partial charge in [0.15, 0.2) is 5.76 Å². The molecule has 0 saturated carbocycles. The van der Waals surface area contributed by atoms with Crippen molar-refractivity contribution >= 4 is 17.5 Å². The van der Waals surface area contributed by atoms with Crippen LogP contribution in [0.5, 0.6) is 0 Å². The van der Waals surface area contributed by atoms with Gasteiger partial charge in [-0.2, -0.15) is 0 Å². The number of hydrogen-bond acceptors (Lipinski definition) is 3. The molecular weight excluding hydrogens is 266 g/mol. The van der Waals surface area contributed by atoms with Crippen molar-refractivity contribution in [1.82, 2.24) is 4.90 Å². The first-order valence-electron chi connectivity index (χ1n) is 7.04. The van der Waals surface area contributed by atoms with Gasteiger partial charge >= 0.3 is 0 Å². The van der Waals surface area contributed by atoms with Crippen molar-refractivity contribution in [2.75, 3.05) is 7.11 Å². The highest BCUT2D eigenvalue weighted by atomic mass is 16.5. The molecule has 114 valence electrons. The summed E-state index contributed by atoms with van der Waals surface area (Å²) in [6.45, 7) is 12.3. The molecule has 1 heterocycles. The molecule has 0 aromatic heterocycles. The number of rotatable bonds is 1. The molecule has 0 radical (unpaired) electrons. The van der Waals surface area contributed by atoms with Gasteiger partial charge in [0, 0.05) is 17.7 Å². The van der Waals surface area contributed by atoms with Crippen LogP contribution in [0.15, 0.2) is 33.6 Å². The Bertz CT molecular complexity index is 596. The SMILES string of the molecule is COC1=CC2=NC(=NC(C)(C)C)N(C(C)(C)C)C2=CC1=O. The number of carbonyl (C=O) groups excluding carboxylic acids is 1. The van der Waals surface area contributed by atoms with E-state index in [0.717, 1.165) is 11.4 Å². The Morgan fingerprint density at radius 1 is 1.14 bits per heavy atom. The molecule has 0 bridgehead atoms. The van der Waals surface area contributed by atoms with E-state index in [2.05, 4.69) is 30.8 Å². The van der Waals surface area contributed by atoms with Crippen molar-refractivity contribution in [3.63, 3.8) is 0 Å². The fraction of sp³-hybridized carbons (Fsp3) is 0.562. The second-order valence-electron chi connectivity index (χ2n) is 7.19. The largest absolute Gasteiger partial charge is 0.493 e. The van der Waals surface area contributed by atoms with E-state index in [9.17, 15) is 4.79 Å². The number of ether oxygens (including phenoxy) is 1. The molecule has 0 aromatic carbocycles. The van der Waals surface area contributed by atoms with Crippen molar-refractivity contribution < 1.29 is 9.53 Å². The third kappa shape index (κ3) is 3.06. The van der Waals surface area contributed by atoms with Crippen molar-refractivity contribution in [2.24, 2.45) is 9.98 Å². The molecule has 5 heteroatoms. The fourth-order valence-electron chi connectivity index (χ4n) is 2.27. The number of guanidine groups is 1. The molecular formula is C16H23N3O2. The van der Waals surface area contributed by atoms with Crippen molar-refractivity contribution in [2.45, 2.75) is 52.6 Å². The number of fused-ring (bicyclic) bond motifs is 1. The molecule has 2 aliphatic rings. The normalized spacial score (nSPS) is 21.1. The van der Waals surface area contributed by atoms with Crippen LogP contribution in [-0.4, -0.2) is 40.5 Å². The van der Waals surface area contributed by atoms with Crippen molar-refractivity contribution in [3.8, 4) is 0 Å². The molecule has 0 aromatic rings. The second-order valence-corrected chi connectivity index (χ2v) is 7.19. The average Bonchev–Trinajstić information content (AvgIpc) is 2.61. The van der Waals surface area contributed by atoms with Crippen LogP contribution in [0, 0.1) is 0 Å². The van der Waals surface area contributed by atoms with Crippen molar-refractivity contribution in [3.05, 3.63) is 23.6 Å². The third-order valence-corrected chi connectivity index (χ3v) is 3.03. The number of methoxy groups -OCH3 is 1. The highest BCUT2D eigenvalue weighted by Crippen LogP contribution is 2.31. The molecule has 1 aliphatic carbocycles. The number of nitrogens with zero attached hydrogens (tertiary/aromatic N) is 3. The fourth-order valence-corrected chi connectivity index (χ4v) is 2.27. The van der Waals surface area contributed by atoms with Gasteiger partial charge in [-0.15, -0.1) is 0 Å². The van der Waals surface area contributed by atoms with E-state index in [1.807, 2.05) is 25.7 Å². The van der Waals surface area contributed by atoms with E-state index in [-0.39, 0.29) is 16.9 Å². The van der Waals surface area contributed by atoms with Crippen LogP contribution in [0.1, 0.15) is 41.5 Å². The topological polar surface area (TPSA) is 54.3 Å². The average molecular weight is 289 g/mol. The first-order valence-corrected chi connectivity index (χ1v) is 7.04. The predicted octanol–water partition coefficient (Wildman–Crippen LogP) is 2.69. The first kappa shape index (κ1) is 15.5. The lowest BCUT2D eigenvalue weighted by Crippen LogP contribution is -2.43. The number of hydrogen-bond donors (Lipinski definition) is 0. The molecule has 2 rings (SSSR count). The summed E-state index contributed by atoms with van der Waals surface area (Å²) in [5, 5.41) is 0. The summed E-state index contributed by atoms with van der Waals surface area (Å²) in [4.78, 5) is 23.3. The lowest BCUT2D eigenvalue weighted by Gasteiger charge is -2.35. The molecule has 0 saturated heterocycles. The Balaban J connectivity index is 2.57. The molecule has 0 spiro atoms. The predicted molar refractivity (Wildman–Crippen MR) is 84.4 cm³/mol. The van der Waals surface area contributed by atoms with E-state index >= 15 is 0 Å². The minimum atomic E-state index is -0.241. The molecule has 0 fully saturated rings. The maximum atomic E-state index is 12.0. The van der Waals surface area contributed by atoms with Gasteiger partial charge in [0.25, 0.3) is 0 Å². The van der Waals surface area contributed by atoms with Gasteiger partial charge in [-0.3, -0.25) is 4.79 Å². The quantitative estimate of drug-likeness (QED) is 0.697. The van der Waals surface area contributed by atoms with Gasteiger partial charge in [0.05, 0.1) is 24.1 Å². The van der Waals surface area contributed by atoms with Gasteiger partial charge in [-0.05, 0) is 41.5 Å². The zero-order valence-corrected chi connectivity index (χ0v) is 13.8. The Hall–Kier alpha value is -1.91. The Morgan fingerprint density at radius 3 is 2.24 bits per heavy atom. The highest BCUT2D eigenvalue weighted by molar-refractivity contribution is 6.27. The van der Waals surface area contributed by atoms with Crippen molar-refractivity contribution in [1.29, 1.82) is 0 Å². The summed E-state index contributed by atoms with van der Waals surface area (Å²) in [6, 6.07) is 0. The minimum absolute atomic E-state index is 0.141. The number of carbonyl (C=O) groups is 1. The number of allylic oxidation sites excluding steroid dienone is 2. The second kappa shape index (κ2) is 4.83. The van der Waals surface area contributed by atoms with E-state index in [1.165, 1.54) is 7.11 Å². The zero-order chi connectivity index (χ0) is 16.0. The van der Waals surface area contributed by atoms with E-state index in [4.69, 9.17) is 4.74 Å². The van der Waals surface area contributed by atoms with Crippen LogP contribution in [0.2, 0.25) is 0 Å². The van der Waals surface area contributed by atoms with Crippen LogP contribution in [-0.2, 0) is 9.53 Å². The molecule has 21 heavy (non-hydrogen) atoms. The van der Waals surface area contributed by atoms with Gasteiger partial charge in [0.1, 0.15) is 0 Å². The van der Waals surface area contributed by atoms with Gasteiger partial charge < -0.3 is 9.64 Å². The van der Waals surface area contributed by atoms with Crippen LogP contribution >= 0.6 is 0 Å². The van der Waals surface area contributed by atoms with Crippen LogP contribution in [0.4, 0.5) is 0 Å². The maximum Gasteiger partial charge on any atom is 0.226 e. The molecule has 0 N–H and O–H groups in total. The van der Waals surface area contributed by atoms with Crippen LogP contribution in [0.3, 0.4) is 0 Å². The summed E-state index contributed by atoms with van der Waals surface area (Å²) in [7, 11) is 1.49. The summed E-state index contributed by atoms with van der Waals surface area (Å²) in [5.41, 5.74) is 1.05. The Morgan fingerprint density at radius 2 is 1.76 bits per heavy atom. The van der Waals surface area contributed by atoms with E-state index in [0.29, 0.717) is 11.7 Å². The van der Waals surface area contributed by atoms with E-state index in [1.54, 1.807) is 12.2 Å². The maximum absolute atomic E-state index is 12.0. The molecule has 0 amide bonds. The molecule has 1 aliphatic heterocycles. The molecule has 0 atom stereocenters. The molecule has 0 unspecified atom stereocenters. The van der Waals surface area contributed by atoms with Crippen LogP contribution in [0.25, 0.3) is 0 Å². The standard InChI is InChI=1S/C16H23N3O2/c1-15(2,3)18-14-17-10-8-13(21-7)12(20)9-11(10)19(14)16(4,5)6/h8-9H,1-7H3. The zero-order valence-electron chi connectivity index (χ0n) is 13.8. The summed E-state index contributed by atoms with van der Waals surface area (Å²) in [6.07, 6.45) is 3.26. The van der Waals surface area contributed by atoms with Gasteiger partial charge in [-0.25, -0.2) is 9.98 Å². The first-order chi connectivity index (χ1) is 9.53. The van der Waals surface area contributed by atoms with Gasteiger partial charge in [0.2, 0.25) is 11.7 Å². The summed E-state index contributed by atoms with van der Waals surface area (Å²) < 4.78 is 5.10. The highest BCUT2D eigenvalue weighted by Gasteiger charge is 2.38. The third-order valence-electron chi connectivity index (χ3n) is 3.03.